The summed E-state index contributed by atoms with van der Waals surface area (Å²) in [5, 5.41) is 0.680. The van der Waals surface area contributed by atoms with Crippen LogP contribution in [0.3, 0.4) is 0 Å². The van der Waals surface area contributed by atoms with Crippen molar-refractivity contribution in [3.05, 3.63) is 69.5 Å². The lowest BCUT2D eigenvalue weighted by molar-refractivity contribution is -0.137. The van der Waals surface area contributed by atoms with E-state index in [2.05, 4.69) is 0 Å². The van der Waals surface area contributed by atoms with E-state index < -0.39 is 11.8 Å². The Hall–Kier alpha value is -2.04. The summed E-state index contributed by atoms with van der Waals surface area (Å²) >= 11 is 12.1. The van der Waals surface area contributed by atoms with Crippen LogP contribution in [0.1, 0.15) is 18.1 Å². The Kier molecular flexibility index (Phi) is 6.64. The molecule has 0 bridgehead atoms. The number of carbonyl (C=O) groups excluding carboxylic acids is 1. The fourth-order valence-corrected chi connectivity index (χ4v) is 2.35. The minimum Gasteiger partial charge on any atom is -0.487 e. The Labute approximate surface area is 149 Å². The molecule has 6 heteroatoms. The molecule has 0 heterocycles. The number of hydrogen-bond acceptors (Lipinski definition) is 3. The minimum atomic E-state index is -0.417. The highest BCUT2D eigenvalue weighted by atomic mass is 35.5. The van der Waals surface area contributed by atoms with Gasteiger partial charge in [-0.3, -0.25) is 0 Å². The molecule has 2 rings (SSSR count). The second-order valence-electron chi connectivity index (χ2n) is 4.80. The van der Waals surface area contributed by atoms with Crippen LogP contribution in [-0.2, 0) is 16.1 Å². The van der Waals surface area contributed by atoms with Crippen LogP contribution in [0.15, 0.2) is 42.5 Å². The molecule has 0 saturated carbocycles. The molecule has 0 atom stereocenters. The molecule has 0 N–H and O–H groups in total. The number of benzene rings is 2. The zero-order valence-corrected chi connectivity index (χ0v) is 14.4. The highest BCUT2D eigenvalue weighted by molar-refractivity contribution is 6.32. The zero-order chi connectivity index (χ0) is 17.5. The summed E-state index contributed by atoms with van der Waals surface area (Å²) in [7, 11) is 0. The summed E-state index contributed by atoms with van der Waals surface area (Å²) in [4.78, 5) is 11.3. The molecule has 0 spiro atoms. The molecule has 3 nitrogen and oxygen atoms in total. The highest BCUT2D eigenvalue weighted by Crippen LogP contribution is 2.28. The lowest BCUT2D eigenvalue weighted by atomic mass is 10.2. The molecule has 0 amide bonds. The van der Waals surface area contributed by atoms with Gasteiger partial charge in [0, 0.05) is 11.6 Å². The van der Waals surface area contributed by atoms with Crippen LogP contribution in [0.5, 0.6) is 5.75 Å². The quantitative estimate of drug-likeness (QED) is 0.513. The van der Waals surface area contributed by atoms with Crippen LogP contribution in [0, 0.1) is 5.82 Å². The lowest BCUT2D eigenvalue weighted by Gasteiger charge is -2.10. The third kappa shape index (κ3) is 5.25. The van der Waals surface area contributed by atoms with E-state index in [0.29, 0.717) is 28.0 Å². The summed E-state index contributed by atoms with van der Waals surface area (Å²) in [6, 6.07) is 9.20. The van der Waals surface area contributed by atoms with E-state index in [1.54, 1.807) is 37.3 Å². The zero-order valence-electron chi connectivity index (χ0n) is 12.9. The first kappa shape index (κ1) is 18.3. The number of ether oxygens (including phenoxy) is 2. The molecule has 0 saturated heterocycles. The summed E-state index contributed by atoms with van der Waals surface area (Å²) < 4.78 is 23.4. The molecule has 0 aromatic heterocycles. The largest absolute Gasteiger partial charge is 0.487 e. The SMILES string of the molecule is CCOC(=O)/C=C/c1ccc(OCc2ccc(F)cc2Cl)c(Cl)c1. The smallest absolute Gasteiger partial charge is 0.330 e. The van der Waals surface area contributed by atoms with Crippen LogP contribution >= 0.6 is 23.2 Å². The van der Waals surface area contributed by atoms with Crippen molar-refractivity contribution >= 4 is 35.2 Å². The molecular formula is C18H15Cl2FO3. The highest BCUT2D eigenvalue weighted by Gasteiger charge is 2.06. The summed E-state index contributed by atoms with van der Waals surface area (Å²) in [5.74, 6) is -0.357. The Balaban J connectivity index is 2.03. The van der Waals surface area contributed by atoms with Crippen molar-refractivity contribution in [2.75, 3.05) is 6.61 Å². The first-order chi connectivity index (χ1) is 11.5. The van der Waals surface area contributed by atoms with Crippen molar-refractivity contribution in [3.8, 4) is 5.75 Å². The standard InChI is InChI=1S/C18H15Cl2FO3/c1-2-23-18(22)8-4-12-3-7-17(16(20)9-12)24-11-13-5-6-14(21)10-15(13)19/h3-10H,2,11H2,1H3/b8-4+. The molecular weight excluding hydrogens is 354 g/mol. The van der Waals surface area contributed by atoms with Crippen molar-refractivity contribution in [1.29, 1.82) is 0 Å². The first-order valence-corrected chi connectivity index (χ1v) is 7.96. The van der Waals surface area contributed by atoms with Gasteiger partial charge < -0.3 is 9.47 Å². The van der Waals surface area contributed by atoms with Gasteiger partial charge in [-0.25, -0.2) is 9.18 Å². The molecule has 2 aromatic rings. The average molecular weight is 369 g/mol. The Morgan fingerprint density at radius 2 is 1.96 bits per heavy atom. The van der Waals surface area contributed by atoms with Gasteiger partial charge in [0.25, 0.3) is 0 Å². The molecule has 126 valence electrons. The van der Waals surface area contributed by atoms with Crippen LogP contribution < -0.4 is 4.74 Å². The van der Waals surface area contributed by atoms with Crippen LogP contribution in [0.25, 0.3) is 6.08 Å². The second-order valence-corrected chi connectivity index (χ2v) is 5.61. The molecule has 0 aliphatic rings. The Bertz CT molecular complexity index is 760. The fraction of sp³-hybridized carbons (Fsp3) is 0.167. The van der Waals surface area contributed by atoms with Gasteiger partial charge in [0.1, 0.15) is 18.2 Å². The molecule has 0 radical (unpaired) electrons. The van der Waals surface area contributed by atoms with Gasteiger partial charge in [-0.1, -0.05) is 35.3 Å². The van der Waals surface area contributed by atoms with Gasteiger partial charge in [0.05, 0.1) is 16.7 Å². The molecule has 0 fully saturated rings. The van der Waals surface area contributed by atoms with Gasteiger partial charge in [-0.2, -0.15) is 0 Å². The number of halogens is 3. The number of esters is 1. The first-order valence-electron chi connectivity index (χ1n) is 7.20. The van der Waals surface area contributed by atoms with Crippen molar-refractivity contribution in [2.45, 2.75) is 13.5 Å². The number of carbonyl (C=O) groups is 1. The molecule has 0 unspecified atom stereocenters. The van der Waals surface area contributed by atoms with Gasteiger partial charge >= 0.3 is 5.97 Å². The summed E-state index contributed by atoms with van der Waals surface area (Å²) in [5.41, 5.74) is 1.39. The molecule has 0 aliphatic heterocycles. The second kappa shape index (κ2) is 8.71. The third-order valence-electron chi connectivity index (χ3n) is 3.05. The molecule has 0 aliphatic carbocycles. The number of hydrogen-bond donors (Lipinski definition) is 0. The maximum Gasteiger partial charge on any atom is 0.330 e. The van der Waals surface area contributed by atoms with Gasteiger partial charge in [0.2, 0.25) is 0 Å². The summed E-state index contributed by atoms with van der Waals surface area (Å²) in [6.45, 7) is 2.22. The van der Waals surface area contributed by atoms with E-state index in [1.807, 2.05) is 0 Å². The van der Waals surface area contributed by atoms with E-state index >= 15 is 0 Å². The van der Waals surface area contributed by atoms with Crippen molar-refractivity contribution in [1.82, 2.24) is 0 Å². The van der Waals surface area contributed by atoms with Crippen molar-refractivity contribution in [2.24, 2.45) is 0 Å². The normalized spacial score (nSPS) is 10.8. The summed E-state index contributed by atoms with van der Waals surface area (Å²) in [6.07, 6.45) is 2.93. The van der Waals surface area contributed by atoms with Crippen LogP contribution in [0.2, 0.25) is 10.0 Å². The minimum absolute atomic E-state index is 0.164. The van der Waals surface area contributed by atoms with E-state index in [4.69, 9.17) is 32.7 Å². The monoisotopic (exact) mass is 368 g/mol. The third-order valence-corrected chi connectivity index (χ3v) is 3.70. The Morgan fingerprint density at radius 3 is 2.62 bits per heavy atom. The van der Waals surface area contributed by atoms with Crippen LogP contribution in [-0.4, -0.2) is 12.6 Å². The topological polar surface area (TPSA) is 35.5 Å². The lowest BCUT2D eigenvalue weighted by Crippen LogP contribution is -1.99. The van der Waals surface area contributed by atoms with E-state index in [9.17, 15) is 9.18 Å². The predicted molar refractivity (Wildman–Crippen MR) is 92.9 cm³/mol. The van der Waals surface area contributed by atoms with Gasteiger partial charge in [-0.15, -0.1) is 0 Å². The van der Waals surface area contributed by atoms with E-state index in [1.165, 1.54) is 18.2 Å². The fourth-order valence-electron chi connectivity index (χ4n) is 1.89. The maximum absolute atomic E-state index is 13.0. The van der Waals surface area contributed by atoms with Crippen molar-refractivity contribution < 1.29 is 18.7 Å². The average Bonchev–Trinajstić information content (AvgIpc) is 2.54. The van der Waals surface area contributed by atoms with E-state index in [-0.39, 0.29) is 6.61 Å². The van der Waals surface area contributed by atoms with Crippen molar-refractivity contribution in [3.63, 3.8) is 0 Å². The Morgan fingerprint density at radius 1 is 1.17 bits per heavy atom. The number of rotatable bonds is 6. The molecule has 2 aromatic carbocycles. The van der Waals surface area contributed by atoms with Gasteiger partial charge in [0.15, 0.2) is 0 Å². The molecule has 24 heavy (non-hydrogen) atoms. The van der Waals surface area contributed by atoms with Gasteiger partial charge in [-0.05, 0) is 42.8 Å². The predicted octanol–water partition coefficient (Wildman–Crippen LogP) is 5.29. The van der Waals surface area contributed by atoms with Crippen LogP contribution in [0.4, 0.5) is 4.39 Å². The van der Waals surface area contributed by atoms with E-state index in [0.717, 1.165) is 5.56 Å². The maximum atomic E-state index is 13.0.